The molecule has 144 valence electrons. The molecule has 1 N–H and O–H groups in total. The first-order valence-corrected chi connectivity index (χ1v) is 8.41. The molecule has 26 heavy (non-hydrogen) atoms. The van der Waals surface area contributed by atoms with Gasteiger partial charge in [0, 0.05) is 24.7 Å². The van der Waals surface area contributed by atoms with Crippen molar-refractivity contribution >= 4 is 6.09 Å². The summed E-state index contributed by atoms with van der Waals surface area (Å²) in [5.74, 6) is 0.837. The van der Waals surface area contributed by atoms with Crippen LogP contribution in [0.5, 0.6) is 11.5 Å². The lowest BCUT2D eigenvalue weighted by molar-refractivity contribution is -0.274. The minimum Gasteiger partial charge on any atom is -0.496 e. The van der Waals surface area contributed by atoms with E-state index in [-0.39, 0.29) is 18.1 Å². The fraction of sp³-hybridized carbons (Fsp3) is 0.588. The summed E-state index contributed by atoms with van der Waals surface area (Å²) in [6, 6.07) is 3.67. The van der Waals surface area contributed by atoms with Crippen LogP contribution in [0.3, 0.4) is 0 Å². The van der Waals surface area contributed by atoms with Gasteiger partial charge in [0.15, 0.2) is 0 Å². The molecule has 0 radical (unpaired) electrons. The Morgan fingerprint density at radius 1 is 1.31 bits per heavy atom. The third-order valence-electron chi connectivity index (χ3n) is 4.81. The minimum absolute atomic E-state index is 0.0862. The highest BCUT2D eigenvalue weighted by molar-refractivity contribution is 5.68. The predicted octanol–water partition coefficient (Wildman–Crippen LogP) is 2.77. The number of benzene rings is 1. The van der Waals surface area contributed by atoms with Crippen LogP contribution < -0.4 is 14.8 Å². The lowest BCUT2D eigenvalue weighted by Gasteiger charge is -2.33. The van der Waals surface area contributed by atoms with E-state index in [0.717, 1.165) is 31.6 Å². The van der Waals surface area contributed by atoms with Crippen LogP contribution in [-0.4, -0.2) is 50.6 Å². The van der Waals surface area contributed by atoms with E-state index in [1.807, 2.05) is 0 Å². The Balaban J connectivity index is 1.57. The zero-order chi connectivity index (χ0) is 18.7. The van der Waals surface area contributed by atoms with Gasteiger partial charge in [-0.25, -0.2) is 4.79 Å². The Bertz CT molecular complexity index is 653. The van der Waals surface area contributed by atoms with Crippen molar-refractivity contribution in [2.75, 3.05) is 33.3 Å². The fourth-order valence-electron chi connectivity index (χ4n) is 3.47. The number of fused-ring (bicyclic) bond motifs is 1. The van der Waals surface area contributed by atoms with E-state index in [2.05, 4.69) is 10.1 Å². The molecule has 9 heteroatoms. The number of likely N-dealkylation sites (tertiary alicyclic amines) is 1. The van der Waals surface area contributed by atoms with Gasteiger partial charge >= 0.3 is 12.5 Å². The molecule has 2 aliphatic rings. The quantitative estimate of drug-likeness (QED) is 0.878. The number of halogens is 3. The number of hydrogen-bond donors (Lipinski definition) is 1. The van der Waals surface area contributed by atoms with E-state index in [0.29, 0.717) is 30.5 Å². The van der Waals surface area contributed by atoms with Gasteiger partial charge in [0.05, 0.1) is 7.11 Å². The van der Waals surface area contributed by atoms with Gasteiger partial charge in [0.1, 0.15) is 18.1 Å². The molecule has 0 aromatic heterocycles. The molecule has 3 rings (SSSR count). The van der Waals surface area contributed by atoms with Gasteiger partial charge < -0.3 is 24.4 Å². The lowest BCUT2D eigenvalue weighted by Crippen LogP contribution is -2.43. The number of hydrogen-bond acceptors (Lipinski definition) is 5. The summed E-state index contributed by atoms with van der Waals surface area (Å²) < 4.78 is 51.1. The van der Waals surface area contributed by atoms with Crippen molar-refractivity contribution in [3.63, 3.8) is 0 Å². The lowest BCUT2D eigenvalue weighted by atomic mass is 9.89. The van der Waals surface area contributed by atoms with E-state index in [9.17, 15) is 18.0 Å². The van der Waals surface area contributed by atoms with Crippen LogP contribution >= 0.6 is 0 Å². The van der Waals surface area contributed by atoms with Crippen LogP contribution in [-0.2, 0) is 11.3 Å². The average molecular weight is 374 g/mol. The molecule has 0 bridgehead atoms. The number of methoxy groups -OCH3 is 1. The van der Waals surface area contributed by atoms with Gasteiger partial charge in [-0.2, -0.15) is 0 Å². The van der Waals surface area contributed by atoms with Crippen molar-refractivity contribution in [1.29, 1.82) is 0 Å². The highest BCUT2D eigenvalue weighted by Gasteiger charge is 2.35. The van der Waals surface area contributed by atoms with Gasteiger partial charge in [-0.3, -0.25) is 0 Å². The third kappa shape index (κ3) is 4.51. The summed E-state index contributed by atoms with van der Waals surface area (Å²) in [6.07, 6.45) is -4.26. The van der Waals surface area contributed by atoms with Crippen LogP contribution in [0.2, 0.25) is 0 Å². The molecule has 2 atom stereocenters. The maximum Gasteiger partial charge on any atom is 0.573 e. The molecule has 0 aliphatic carbocycles. The normalized spacial score (nSPS) is 22.7. The Hall–Kier alpha value is -2.16. The van der Waals surface area contributed by atoms with E-state index in [1.54, 1.807) is 4.90 Å². The smallest absolute Gasteiger partial charge is 0.496 e. The zero-order valence-corrected chi connectivity index (χ0v) is 14.3. The first-order chi connectivity index (χ1) is 12.4. The number of nitrogens with one attached hydrogen (secondary N) is 1. The number of carbonyl (C=O) groups excluding carboxylic acids is 1. The van der Waals surface area contributed by atoms with E-state index >= 15 is 0 Å². The van der Waals surface area contributed by atoms with Crippen molar-refractivity contribution in [3.8, 4) is 11.5 Å². The highest BCUT2D eigenvalue weighted by Crippen LogP contribution is 2.30. The Kier molecular flexibility index (Phi) is 5.45. The van der Waals surface area contributed by atoms with Crippen molar-refractivity contribution in [2.24, 2.45) is 11.8 Å². The first-order valence-electron chi connectivity index (χ1n) is 8.41. The molecule has 2 aliphatic heterocycles. The van der Waals surface area contributed by atoms with Gasteiger partial charge in [-0.1, -0.05) is 0 Å². The second kappa shape index (κ2) is 7.61. The maximum absolute atomic E-state index is 12.3. The van der Waals surface area contributed by atoms with Crippen LogP contribution in [0.25, 0.3) is 0 Å². The van der Waals surface area contributed by atoms with Crippen molar-refractivity contribution < 1.29 is 32.2 Å². The Labute approximate surface area is 149 Å². The van der Waals surface area contributed by atoms with E-state index in [4.69, 9.17) is 9.47 Å². The molecule has 6 nitrogen and oxygen atoms in total. The van der Waals surface area contributed by atoms with E-state index < -0.39 is 12.5 Å². The molecule has 2 unspecified atom stereocenters. The number of carbonyl (C=O) groups is 1. The summed E-state index contributed by atoms with van der Waals surface area (Å²) in [6.45, 7) is 3.13. The monoisotopic (exact) mass is 374 g/mol. The Morgan fingerprint density at radius 3 is 2.81 bits per heavy atom. The molecule has 2 saturated heterocycles. The van der Waals surface area contributed by atoms with E-state index in [1.165, 1.54) is 13.2 Å². The summed E-state index contributed by atoms with van der Waals surface area (Å²) in [5.41, 5.74) is 0.466. The SMILES string of the molecule is COc1cc(OC(F)(F)F)ccc1COC(=O)N1CCC2CNCC2C1. The van der Waals surface area contributed by atoms with Gasteiger partial charge in [-0.05, 0) is 43.5 Å². The molecule has 1 aromatic rings. The number of piperidine rings is 1. The summed E-state index contributed by atoms with van der Waals surface area (Å²) >= 11 is 0. The fourth-order valence-corrected chi connectivity index (χ4v) is 3.47. The zero-order valence-electron chi connectivity index (χ0n) is 14.3. The summed E-state index contributed by atoms with van der Waals surface area (Å²) in [4.78, 5) is 14.0. The van der Waals surface area contributed by atoms with Gasteiger partial charge in [-0.15, -0.1) is 13.2 Å². The molecule has 1 amide bonds. The van der Waals surface area contributed by atoms with Crippen LogP contribution in [0, 0.1) is 11.8 Å². The van der Waals surface area contributed by atoms with Crippen LogP contribution in [0.15, 0.2) is 18.2 Å². The average Bonchev–Trinajstić information content (AvgIpc) is 3.06. The van der Waals surface area contributed by atoms with Gasteiger partial charge in [0.2, 0.25) is 0 Å². The summed E-state index contributed by atoms with van der Waals surface area (Å²) in [7, 11) is 1.33. The van der Waals surface area contributed by atoms with Crippen molar-refractivity contribution in [2.45, 2.75) is 19.4 Å². The van der Waals surface area contributed by atoms with Crippen molar-refractivity contribution in [3.05, 3.63) is 23.8 Å². The molecular formula is C17H21F3N2O4. The van der Waals surface area contributed by atoms with Crippen LogP contribution in [0.1, 0.15) is 12.0 Å². The first kappa shape index (κ1) is 18.6. The second-order valence-electron chi connectivity index (χ2n) is 6.49. The molecule has 1 aromatic carbocycles. The number of amides is 1. The number of ether oxygens (including phenoxy) is 3. The van der Waals surface area contributed by atoms with Crippen molar-refractivity contribution in [1.82, 2.24) is 10.2 Å². The largest absolute Gasteiger partial charge is 0.573 e. The standard InChI is InChI=1S/C17H21F3N2O4/c1-24-15-6-14(26-17(18,19)20)3-2-12(15)10-25-16(23)22-5-4-11-7-21-8-13(11)9-22/h2-3,6,11,13,21H,4-5,7-10H2,1H3. The predicted molar refractivity (Wildman–Crippen MR) is 85.9 cm³/mol. The number of rotatable bonds is 4. The minimum atomic E-state index is -4.78. The molecule has 2 fully saturated rings. The third-order valence-corrected chi connectivity index (χ3v) is 4.81. The molecule has 2 heterocycles. The van der Waals surface area contributed by atoms with Gasteiger partial charge in [0.25, 0.3) is 0 Å². The molecular weight excluding hydrogens is 353 g/mol. The maximum atomic E-state index is 12.3. The number of nitrogens with zero attached hydrogens (tertiary/aromatic N) is 1. The Morgan fingerprint density at radius 2 is 2.08 bits per heavy atom. The van der Waals surface area contributed by atoms with Crippen LogP contribution in [0.4, 0.5) is 18.0 Å². The topological polar surface area (TPSA) is 60.0 Å². The highest BCUT2D eigenvalue weighted by atomic mass is 19.4. The second-order valence-corrected chi connectivity index (χ2v) is 6.49. The summed E-state index contributed by atoms with van der Waals surface area (Å²) in [5, 5.41) is 3.33. The molecule has 0 saturated carbocycles. The molecule has 0 spiro atoms. The number of alkyl halides is 3.